The van der Waals surface area contributed by atoms with E-state index >= 15 is 0 Å². The maximum absolute atomic E-state index is 4.07. The molecule has 10 aromatic rings. The Morgan fingerprint density at radius 2 is 1.12 bits per heavy atom. The molecule has 0 spiro atoms. The van der Waals surface area contributed by atoms with Gasteiger partial charge in [-0.2, -0.15) is 0 Å². The van der Waals surface area contributed by atoms with Gasteiger partial charge in [0.05, 0.1) is 5.52 Å². The molecule has 1 N–H and O–H groups in total. The fourth-order valence-electron chi connectivity index (χ4n) is 12.7. The van der Waals surface area contributed by atoms with Crippen LogP contribution in [0.5, 0.6) is 0 Å². The van der Waals surface area contributed by atoms with Crippen molar-refractivity contribution in [3.63, 3.8) is 0 Å². The number of aryl methyl sites for hydroxylation is 2. The van der Waals surface area contributed by atoms with Gasteiger partial charge in [0.2, 0.25) is 0 Å². The van der Waals surface area contributed by atoms with E-state index in [2.05, 4.69) is 229 Å². The highest BCUT2D eigenvalue weighted by molar-refractivity contribution is 6.73. The Bertz CT molecular complexity index is 3770. The molecule has 3 aliphatic rings. The maximum Gasteiger partial charge on any atom is 0.198 e. The molecule has 0 radical (unpaired) electrons. The molecule has 2 aliphatic carbocycles. The number of nitrogens with one attached hydrogen (secondary N) is 1. The van der Waals surface area contributed by atoms with E-state index in [1.807, 2.05) is 0 Å². The Hall–Kier alpha value is -7.10. The lowest BCUT2D eigenvalue weighted by Gasteiger charge is -2.42. The van der Waals surface area contributed by atoms with E-state index in [1.54, 1.807) is 0 Å². The van der Waals surface area contributed by atoms with Gasteiger partial charge < -0.3 is 9.88 Å². The molecule has 0 saturated carbocycles. The summed E-state index contributed by atoms with van der Waals surface area (Å²) in [6, 6.07) is 62.7. The molecule has 0 bridgehead atoms. The van der Waals surface area contributed by atoms with Crippen LogP contribution in [0.25, 0.3) is 82.8 Å². The van der Waals surface area contributed by atoms with Gasteiger partial charge in [-0.15, -0.1) is 0 Å². The van der Waals surface area contributed by atoms with Gasteiger partial charge in [0.25, 0.3) is 0 Å². The number of rotatable bonds is 5. The maximum atomic E-state index is 4.07. The van der Waals surface area contributed by atoms with E-state index in [0.29, 0.717) is 0 Å². The summed E-state index contributed by atoms with van der Waals surface area (Å²) in [5, 5.41) is 9.21. The lowest BCUT2D eigenvalue weighted by Crippen LogP contribution is -2.37. The molecule has 1 aromatic heterocycles. The summed E-state index contributed by atoms with van der Waals surface area (Å²) in [4.78, 5) is 0. The van der Waals surface area contributed by atoms with Crippen LogP contribution in [-0.4, -0.2) is 11.8 Å². The van der Waals surface area contributed by atoms with Crippen LogP contribution < -0.4 is 16.2 Å². The van der Waals surface area contributed by atoms with Crippen molar-refractivity contribution in [1.82, 2.24) is 4.57 Å². The lowest BCUT2D eigenvalue weighted by atomic mass is 9.58. The third-order valence-corrected chi connectivity index (χ3v) is 16.6. The van der Waals surface area contributed by atoms with Crippen LogP contribution in [0.15, 0.2) is 164 Å². The summed E-state index contributed by atoms with van der Waals surface area (Å²) in [5.74, 6) is 0. The van der Waals surface area contributed by atoms with Crippen LogP contribution in [0, 0.1) is 13.8 Å². The molecule has 3 heteroatoms. The molecule has 330 valence electrons. The fourth-order valence-corrected chi connectivity index (χ4v) is 12.7. The van der Waals surface area contributed by atoms with Crippen LogP contribution in [0.1, 0.15) is 87.8 Å². The molecular formula is C65H57BN2. The van der Waals surface area contributed by atoms with Crippen LogP contribution in [-0.2, 0) is 16.2 Å². The topological polar surface area (TPSA) is 17.0 Å². The average molecular weight is 877 g/mol. The zero-order valence-electron chi connectivity index (χ0n) is 40.7. The number of benzene rings is 9. The quantitative estimate of drug-likeness (QED) is 0.171. The first-order valence-electron chi connectivity index (χ1n) is 24.8. The highest BCUT2D eigenvalue weighted by Crippen LogP contribution is 2.57. The monoisotopic (exact) mass is 876 g/mol. The SMILES string of the molecule is Cc1ccc(Nc2cc3c(cc2-c2cc(-c4ccccc4-c4ccccc4)c4c5ccc6ccccc6c5n5c4c2Bc2cc(C)ccc2-5)-c2cc4c(cc2C3(C)C)C(C)(C)CCC4(C)C)cc1. The molecule has 13 rings (SSSR count). The summed E-state index contributed by atoms with van der Waals surface area (Å²) < 4.78 is 2.65. The Kier molecular flexibility index (Phi) is 8.74. The first-order chi connectivity index (χ1) is 32.8. The Labute approximate surface area is 402 Å². The van der Waals surface area contributed by atoms with Gasteiger partial charge in [0.15, 0.2) is 7.28 Å². The summed E-state index contributed by atoms with van der Waals surface area (Å²) >= 11 is 0. The average Bonchev–Trinajstić information content (AvgIpc) is 3.80. The van der Waals surface area contributed by atoms with Gasteiger partial charge in [-0.3, -0.25) is 0 Å². The van der Waals surface area contributed by atoms with Crippen molar-refractivity contribution in [2.45, 2.75) is 84.5 Å². The van der Waals surface area contributed by atoms with Crippen molar-refractivity contribution < 1.29 is 0 Å². The summed E-state index contributed by atoms with van der Waals surface area (Å²) in [5.41, 5.74) is 27.5. The van der Waals surface area contributed by atoms with E-state index in [0.717, 1.165) is 18.7 Å². The molecule has 0 saturated heterocycles. The molecule has 0 atom stereocenters. The highest BCUT2D eigenvalue weighted by atomic mass is 15.0. The zero-order chi connectivity index (χ0) is 46.4. The molecule has 9 aromatic carbocycles. The van der Waals surface area contributed by atoms with Crippen LogP contribution in [0.4, 0.5) is 11.4 Å². The Morgan fingerprint density at radius 1 is 0.471 bits per heavy atom. The van der Waals surface area contributed by atoms with Gasteiger partial charge in [-0.05, 0) is 152 Å². The molecule has 0 amide bonds. The molecule has 0 fully saturated rings. The van der Waals surface area contributed by atoms with Gasteiger partial charge in [-0.1, -0.05) is 179 Å². The van der Waals surface area contributed by atoms with Crippen molar-refractivity contribution in [2.75, 3.05) is 5.32 Å². The molecule has 2 nitrogen and oxygen atoms in total. The number of nitrogens with zero attached hydrogens (tertiary/aromatic N) is 1. The van der Waals surface area contributed by atoms with Crippen molar-refractivity contribution in [1.29, 1.82) is 0 Å². The third-order valence-electron chi connectivity index (χ3n) is 16.6. The summed E-state index contributed by atoms with van der Waals surface area (Å²) in [7, 11) is 0.831. The largest absolute Gasteiger partial charge is 0.355 e. The van der Waals surface area contributed by atoms with Gasteiger partial charge >= 0.3 is 0 Å². The number of aromatic nitrogens is 1. The first kappa shape index (κ1) is 41.1. The standard InChI is InChI=1S/C65H57BN2/c1-38-22-26-42(27-23-38)67-57-37-53-47(48-35-54-55(36-52(48)65(53,7)8)64(5,6)31-30-63(54,3)4)33-49(57)51-34-50(45-21-15-14-19-43(45)40-16-10-9-11-17-40)59-46-28-25-41-18-12-13-20-44(41)61(46)68-58-29-24-39(2)32-56(58)66-60(51)62(59)68/h9-29,32-37,66-67H,30-31H2,1-8H3. The van der Waals surface area contributed by atoms with E-state index < -0.39 is 0 Å². The third kappa shape index (κ3) is 5.97. The first-order valence-corrected chi connectivity index (χ1v) is 24.8. The van der Waals surface area contributed by atoms with Crippen molar-refractivity contribution in [3.8, 4) is 50.2 Å². The smallest absolute Gasteiger partial charge is 0.198 e. The van der Waals surface area contributed by atoms with E-state index in [1.165, 1.54) is 140 Å². The van der Waals surface area contributed by atoms with E-state index in [9.17, 15) is 0 Å². The second kappa shape index (κ2) is 14.5. The van der Waals surface area contributed by atoms with Crippen molar-refractivity contribution in [2.24, 2.45) is 0 Å². The van der Waals surface area contributed by atoms with Crippen LogP contribution >= 0.6 is 0 Å². The summed E-state index contributed by atoms with van der Waals surface area (Å²) in [6.45, 7) is 19.2. The number of anilines is 2. The molecular weight excluding hydrogens is 820 g/mol. The second-order valence-electron chi connectivity index (χ2n) is 22.2. The van der Waals surface area contributed by atoms with Gasteiger partial charge in [0.1, 0.15) is 0 Å². The van der Waals surface area contributed by atoms with Crippen LogP contribution in [0.2, 0.25) is 0 Å². The normalized spacial score (nSPS) is 15.7. The van der Waals surface area contributed by atoms with Gasteiger partial charge in [-0.25, -0.2) is 0 Å². The number of hydrogen-bond acceptors (Lipinski definition) is 1. The molecule has 0 unspecified atom stereocenters. The predicted octanol–water partition coefficient (Wildman–Crippen LogP) is 15.7. The second-order valence-corrected chi connectivity index (χ2v) is 22.2. The Balaban J connectivity index is 1.19. The van der Waals surface area contributed by atoms with E-state index in [-0.39, 0.29) is 16.2 Å². The predicted molar refractivity (Wildman–Crippen MR) is 293 cm³/mol. The minimum Gasteiger partial charge on any atom is -0.355 e. The van der Waals surface area contributed by atoms with Crippen LogP contribution in [0.3, 0.4) is 0 Å². The number of fused-ring (bicyclic) bond motifs is 11. The van der Waals surface area contributed by atoms with Crippen molar-refractivity contribution >= 4 is 62.2 Å². The highest BCUT2D eigenvalue weighted by Gasteiger charge is 2.43. The minimum absolute atomic E-state index is 0.0991. The minimum atomic E-state index is -0.193. The number of hydrogen-bond donors (Lipinski definition) is 1. The van der Waals surface area contributed by atoms with E-state index in [4.69, 9.17) is 0 Å². The zero-order valence-corrected chi connectivity index (χ0v) is 40.7. The lowest BCUT2D eigenvalue weighted by molar-refractivity contribution is 0.331. The molecule has 2 heterocycles. The van der Waals surface area contributed by atoms with Gasteiger partial charge in [0, 0.05) is 49.7 Å². The summed E-state index contributed by atoms with van der Waals surface area (Å²) in [6.07, 6.45) is 2.39. The fraction of sp³-hybridized carbons (Fsp3) is 0.200. The molecule has 1 aliphatic heterocycles. The van der Waals surface area contributed by atoms with Crippen molar-refractivity contribution in [3.05, 3.63) is 197 Å². The Morgan fingerprint density at radius 3 is 1.90 bits per heavy atom. The molecule has 68 heavy (non-hydrogen) atoms.